The first-order chi connectivity index (χ1) is 19.1. The Kier molecular flexibility index (Phi) is 9.37. The van der Waals surface area contributed by atoms with Gasteiger partial charge in [-0.3, -0.25) is 4.79 Å². The summed E-state index contributed by atoms with van der Waals surface area (Å²) >= 11 is 0. The predicted octanol–water partition coefficient (Wildman–Crippen LogP) is 3.23. The molecule has 13 heteroatoms. The molecule has 2 aromatic carbocycles. The van der Waals surface area contributed by atoms with Gasteiger partial charge in [0.2, 0.25) is 0 Å². The highest BCUT2D eigenvalue weighted by Gasteiger charge is 2.18. The van der Waals surface area contributed by atoms with Crippen LogP contribution in [0.2, 0.25) is 0 Å². The Balaban J connectivity index is 0.000000280. The summed E-state index contributed by atoms with van der Waals surface area (Å²) in [5.41, 5.74) is 8.28. The zero-order valence-corrected chi connectivity index (χ0v) is 21.8. The van der Waals surface area contributed by atoms with Crippen molar-refractivity contribution < 1.29 is 28.6 Å². The number of H-pyrrole nitrogens is 1. The molecule has 0 unspecified atom stereocenters. The molecular formula is C28H30N6O7. The van der Waals surface area contributed by atoms with Crippen molar-refractivity contribution in [1.82, 2.24) is 24.7 Å². The van der Waals surface area contributed by atoms with E-state index in [4.69, 9.17) is 10.2 Å². The van der Waals surface area contributed by atoms with Gasteiger partial charge in [-0.2, -0.15) is 0 Å². The molecule has 13 nitrogen and oxygen atoms in total. The van der Waals surface area contributed by atoms with Crippen LogP contribution in [-0.4, -0.2) is 49.4 Å². The largest absolute Gasteiger partial charge is 0.477 e. The quantitative estimate of drug-likeness (QED) is 0.223. The summed E-state index contributed by atoms with van der Waals surface area (Å²) < 4.78 is 10.9. The summed E-state index contributed by atoms with van der Waals surface area (Å²) in [6.45, 7) is 3.83. The minimum absolute atomic E-state index is 0. The minimum Gasteiger partial charge on any atom is -0.477 e. The summed E-state index contributed by atoms with van der Waals surface area (Å²) in [6.07, 6.45) is 1.24. The second kappa shape index (κ2) is 12.7. The van der Waals surface area contributed by atoms with Gasteiger partial charge in [-0.15, -0.1) is 0 Å². The average Bonchev–Trinajstić information content (AvgIpc) is 3.51. The van der Waals surface area contributed by atoms with Gasteiger partial charge in [-0.05, 0) is 42.3 Å². The number of nitrogens with two attached hydrogens (primary N) is 1. The van der Waals surface area contributed by atoms with Crippen molar-refractivity contribution in [1.29, 1.82) is 0 Å². The number of aryl methyl sites for hydroxylation is 1. The molecule has 0 aliphatic carbocycles. The molecule has 1 atom stereocenters. The highest BCUT2D eigenvalue weighted by atomic mass is 16.5. The van der Waals surface area contributed by atoms with Crippen LogP contribution in [0.1, 0.15) is 68.7 Å². The van der Waals surface area contributed by atoms with Gasteiger partial charge in [0.1, 0.15) is 16.9 Å². The summed E-state index contributed by atoms with van der Waals surface area (Å²) in [4.78, 5) is 57.2. The number of carboxylic acid groups (broad SMARTS) is 1. The molecule has 214 valence electrons. The molecule has 3 heterocycles. The van der Waals surface area contributed by atoms with E-state index in [2.05, 4.69) is 25.0 Å². The fraction of sp³-hybridized carbons (Fsp3) is 0.214. The Labute approximate surface area is 234 Å². The van der Waals surface area contributed by atoms with E-state index in [0.29, 0.717) is 22.6 Å². The molecule has 0 bridgehead atoms. The number of oxazole rings is 1. The maximum Gasteiger partial charge on any atom is 0.353 e. The third-order valence-corrected chi connectivity index (χ3v) is 5.83. The first-order valence-electron chi connectivity index (χ1n) is 12.0. The van der Waals surface area contributed by atoms with Gasteiger partial charge >= 0.3 is 17.6 Å². The van der Waals surface area contributed by atoms with Crippen LogP contribution in [0, 0.1) is 6.92 Å². The molecule has 0 aliphatic rings. The highest BCUT2D eigenvalue weighted by molar-refractivity contribution is 5.96. The van der Waals surface area contributed by atoms with Crippen molar-refractivity contribution >= 4 is 34.6 Å². The normalized spacial score (nSPS) is 11.2. The number of carbonyl (C=O) groups is 3. The van der Waals surface area contributed by atoms with Crippen molar-refractivity contribution in [2.75, 3.05) is 7.11 Å². The van der Waals surface area contributed by atoms with Gasteiger partial charge in [-0.1, -0.05) is 25.6 Å². The minimum atomic E-state index is -1.34. The van der Waals surface area contributed by atoms with Crippen LogP contribution in [0.4, 0.5) is 0 Å². The second-order valence-corrected chi connectivity index (χ2v) is 8.74. The van der Waals surface area contributed by atoms with E-state index in [1.165, 1.54) is 13.3 Å². The van der Waals surface area contributed by atoms with Gasteiger partial charge in [-0.25, -0.2) is 28.8 Å². The monoisotopic (exact) mass is 562 g/mol. The van der Waals surface area contributed by atoms with Gasteiger partial charge in [0.25, 0.3) is 5.91 Å². The predicted molar refractivity (Wildman–Crippen MR) is 150 cm³/mol. The zero-order chi connectivity index (χ0) is 29.0. The molecule has 1 amide bonds. The van der Waals surface area contributed by atoms with E-state index in [1.54, 1.807) is 37.3 Å². The number of rotatable bonds is 6. The lowest BCUT2D eigenvalue weighted by Gasteiger charge is -2.07. The molecule has 0 radical (unpaired) electrons. The van der Waals surface area contributed by atoms with Crippen LogP contribution >= 0.6 is 0 Å². The lowest BCUT2D eigenvalue weighted by Crippen LogP contribution is -2.26. The van der Waals surface area contributed by atoms with E-state index in [9.17, 15) is 24.3 Å². The maximum atomic E-state index is 12.4. The van der Waals surface area contributed by atoms with Crippen LogP contribution in [0.25, 0.3) is 16.7 Å². The molecule has 0 spiro atoms. The highest BCUT2D eigenvalue weighted by Crippen LogP contribution is 2.17. The van der Waals surface area contributed by atoms with Crippen LogP contribution in [0.3, 0.4) is 0 Å². The lowest BCUT2D eigenvalue weighted by molar-refractivity contribution is 0.0599. The summed E-state index contributed by atoms with van der Waals surface area (Å²) in [7, 11) is 1.36. The average molecular weight is 563 g/mol. The molecule has 0 saturated carbocycles. The Morgan fingerprint density at radius 3 is 2.49 bits per heavy atom. The van der Waals surface area contributed by atoms with Crippen LogP contribution in [-0.2, 0) is 11.3 Å². The van der Waals surface area contributed by atoms with E-state index in [-0.39, 0.29) is 43.0 Å². The molecule has 5 rings (SSSR count). The van der Waals surface area contributed by atoms with E-state index in [1.807, 2.05) is 19.1 Å². The van der Waals surface area contributed by atoms with Crippen LogP contribution < -0.4 is 16.7 Å². The van der Waals surface area contributed by atoms with Crippen molar-refractivity contribution in [3.63, 3.8) is 0 Å². The van der Waals surface area contributed by atoms with Crippen molar-refractivity contribution in [2.45, 2.75) is 33.9 Å². The number of hydrogen-bond acceptors (Lipinski definition) is 9. The molecule has 3 aromatic heterocycles. The van der Waals surface area contributed by atoms with E-state index >= 15 is 0 Å². The molecular weight excluding hydrogens is 532 g/mol. The standard InChI is InChI=1S/C17H13N5O5.C10H13NO2.CH4/c1-8-20-10-4-9(2-3-13(10)27-8)6-18-15(23)11-5-12(16(24)25)22-14(21-11)7-19-17(22)26;1-7(11)8-3-5-9(6-4-8)10(12)13-2;/h2-5,7H,6H2,1H3,(H,18,23)(H,19,26)(H,24,25);3-7H,11H2,1-2H3;1H4/t;7-;/m.1./s1. The third kappa shape index (κ3) is 6.83. The van der Waals surface area contributed by atoms with Crippen molar-refractivity contribution in [2.24, 2.45) is 5.73 Å². The van der Waals surface area contributed by atoms with Gasteiger partial charge in [0, 0.05) is 31.8 Å². The van der Waals surface area contributed by atoms with Crippen LogP contribution in [0.5, 0.6) is 0 Å². The number of nitrogens with zero attached hydrogens (tertiary/aromatic N) is 3. The number of benzene rings is 2. The number of ether oxygens (including phenoxy) is 1. The Morgan fingerprint density at radius 2 is 1.85 bits per heavy atom. The Hall–Kier alpha value is -5.30. The number of amides is 1. The number of aromatic nitrogens is 4. The number of methoxy groups -OCH3 is 1. The number of carbonyl (C=O) groups excluding carboxylic acids is 2. The van der Waals surface area contributed by atoms with E-state index in [0.717, 1.165) is 21.6 Å². The SMILES string of the molecule is C.COC(=O)c1ccc([C@@H](C)N)cc1.Cc1nc2cc(CNC(=O)c3cc(C(=O)O)n4c(=O)[nH]cc4n3)ccc2o1. The third-order valence-electron chi connectivity index (χ3n) is 5.83. The summed E-state index contributed by atoms with van der Waals surface area (Å²) in [5.74, 6) is -1.68. The second-order valence-electron chi connectivity index (χ2n) is 8.74. The first-order valence-corrected chi connectivity index (χ1v) is 12.0. The number of aromatic carboxylic acids is 1. The van der Waals surface area contributed by atoms with Gasteiger partial charge in [0.05, 0.1) is 12.7 Å². The molecule has 0 fully saturated rings. The number of imidazole rings is 1. The Morgan fingerprint density at radius 1 is 1.15 bits per heavy atom. The molecule has 5 aromatic rings. The van der Waals surface area contributed by atoms with Crippen LogP contribution in [0.15, 0.2) is 63.9 Å². The number of esters is 1. The lowest BCUT2D eigenvalue weighted by atomic mass is 10.1. The fourth-order valence-corrected chi connectivity index (χ4v) is 3.81. The number of nitrogens with one attached hydrogen (secondary N) is 2. The fourth-order valence-electron chi connectivity index (χ4n) is 3.81. The molecule has 0 aliphatic heterocycles. The topological polar surface area (TPSA) is 195 Å². The Bertz CT molecular complexity index is 1770. The molecule has 5 N–H and O–H groups in total. The van der Waals surface area contributed by atoms with E-state index < -0.39 is 17.6 Å². The smallest absolute Gasteiger partial charge is 0.353 e. The molecule has 41 heavy (non-hydrogen) atoms. The number of aromatic amines is 1. The van der Waals surface area contributed by atoms with Gasteiger partial charge < -0.3 is 30.3 Å². The van der Waals surface area contributed by atoms with Crippen molar-refractivity contribution in [3.8, 4) is 0 Å². The number of fused-ring (bicyclic) bond motifs is 2. The van der Waals surface area contributed by atoms with Gasteiger partial charge in [0.15, 0.2) is 17.1 Å². The first kappa shape index (κ1) is 30.2. The van der Waals surface area contributed by atoms with Crippen molar-refractivity contribution in [3.05, 3.63) is 99.2 Å². The molecule has 0 saturated heterocycles. The summed E-state index contributed by atoms with van der Waals surface area (Å²) in [5, 5.41) is 12.0. The number of hydrogen-bond donors (Lipinski definition) is 4. The zero-order valence-electron chi connectivity index (χ0n) is 21.8. The number of carboxylic acids is 1. The maximum absolute atomic E-state index is 12.4. The summed E-state index contributed by atoms with van der Waals surface area (Å²) in [6, 6.07) is 13.5.